The third-order valence-electron chi connectivity index (χ3n) is 7.89. The lowest BCUT2D eigenvalue weighted by Gasteiger charge is -2.30. The lowest BCUT2D eigenvalue weighted by molar-refractivity contribution is -0.00000779. The maximum Gasteiger partial charge on any atom is 0.127 e. The molecule has 0 aliphatic rings. The molecule has 44 heavy (non-hydrogen) atoms. The summed E-state index contributed by atoms with van der Waals surface area (Å²) in [5.74, 6) is 0. The smallest absolute Gasteiger partial charge is 0.127 e. The molecule has 1 aromatic heterocycles. The minimum atomic E-state index is -2.10. The SMILES string of the molecule is [Cl-].c1ccc([P+](c2ccccc2)(c2ccccc2)c2ppc([P+](c3ccccc3)(c3ccccc3)c3ccccc3)[p-]2)cc1. The van der Waals surface area contributed by atoms with Gasteiger partial charge in [-0.15, -0.1) is 8.19 Å². The number of halogens is 1. The van der Waals surface area contributed by atoms with Gasteiger partial charge in [-0.1, -0.05) is 109 Å². The van der Waals surface area contributed by atoms with Crippen molar-refractivity contribution >= 4 is 79.8 Å². The van der Waals surface area contributed by atoms with Gasteiger partial charge in [0.05, 0.1) is 0 Å². The standard InChI is InChI=1S/C38H30P5.ClH/c1-7-19-31(20-8-1)42(32-21-9-2-10-22-32,33-23-11-3-12-24-33)37-39-38(41-40-37)43(34-25-13-4-14-26-34,35-27-15-5-16-28-35)36-29-17-6-18-30-36;/h1-30H;1H/q+1;/p-1. The van der Waals surface area contributed by atoms with E-state index in [9.17, 15) is 0 Å². The predicted octanol–water partition coefficient (Wildman–Crippen LogP) is 5.39. The van der Waals surface area contributed by atoms with E-state index in [4.69, 9.17) is 0 Å². The fourth-order valence-electron chi connectivity index (χ4n) is 6.00. The second-order valence-electron chi connectivity index (χ2n) is 10.3. The number of hydrogen-bond acceptors (Lipinski definition) is 0. The Labute approximate surface area is 272 Å². The van der Waals surface area contributed by atoms with Crippen molar-refractivity contribution in [2.24, 2.45) is 0 Å². The zero-order valence-corrected chi connectivity index (χ0v) is 29.2. The van der Waals surface area contributed by atoms with Crippen LogP contribution in [0.3, 0.4) is 0 Å². The molecule has 0 saturated carbocycles. The molecule has 0 bridgehead atoms. The summed E-state index contributed by atoms with van der Waals surface area (Å²) in [6.07, 6.45) is 0. The van der Waals surface area contributed by atoms with Crippen molar-refractivity contribution in [1.82, 2.24) is 0 Å². The van der Waals surface area contributed by atoms with E-state index in [1.54, 1.807) is 9.54 Å². The van der Waals surface area contributed by atoms with Crippen molar-refractivity contribution in [2.75, 3.05) is 0 Å². The van der Waals surface area contributed by atoms with Crippen LogP contribution in [0.2, 0.25) is 0 Å². The Kier molecular flexibility index (Phi) is 9.92. The normalized spacial score (nSPS) is 12.0. The van der Waals surface area contributed by atoms with Crippen LogP contribution in [0.5, 0.6) is 0 Å². The first-order chi connectivity index (χ1) is 21.3. The molecule has 0 nitrogen and oxygen atoms in total. The van der Waals surface area contributed by atoms with Crippen molar-refractivity contribution in [2.45, 2.75) is 0 Å². The molecular formula is C38H30ClP5. The lowest BCUT2D eigenvalue weighted by atomic mass is 10.4. The van der Waals surface area contributed by atoms with E-state index in [0.29, 0.717) is 0 Å². The molecule has 0 atom stereocenters. The highest BCUT2D eigenvalue weighted by Crippen LogP contribution is 2.64. The van der Waals surface area contributed by atoms with Crippen molar-refractivity contribution in [3.63, 3.8) is 0 Å². The predicted molar refractivity (Wildman–Crippen MR) is 199 cm³/mol. The molecule has 0 aliphatic carbocycles. The van der Waals surface area contributed by atoms with Crippen molar-refractivity contribution in [1.29, 1.82) is 0 Å². The average Bonchev–Trinajstić information content (AvgIpc) is 3.59. The molecular weight excluding hydrogens is 647 g/mol. The highest BCUT2D eigenvalue weighted by atomic mass is 35.5. The maximum absolute atomic E-state index is 2.37. The van der Waals surface area contributed by atoms with Crippen molar-refractivity contribution in [3.8, 4) is 0 Å². The van der Waals surface area contributed by atoms with Gasteiger partial charge in [0.2, 0.25) is 0 Å². The van der Waals surface area contributed by atoms with Gasteiger partial charge in [-0.25, -0.2) is 15.7 Å². The minimum Gasteiger partial charge on any atom is -1.00 e. The molecule has 0 fully saturated rings. The van der Waals surface area contributed by atoms with Crippen molar-refractivity contribution in [3.05, 3.63) is 182 Å². The topological polar surface area (TPSA) is 0 Å². The molecule has 6 heteroatoms. The summed E-state index contributed by atoms with van der Waals surface area (Å²) in [5.41, 5.74) is 0. The minimum absolute atomic E-state index is 0. The number of hydrogen-bond donors (Lipinski definition) is 0. The molecule has 0 radical (unpaired) electrons. The van der Waals surface area contributed by atoms with Crippen LogP contribution >= 0.6 is 38.5 Å². The van der Waals surface area contributed by atoms with E-state index in [1.165, 1.54) is 55.8 Å². The van der Waals surface area contributed by atoms with Gasteiger partial charge in [0.25, 0.3) is 0 Å². The van der Waals surface area contributed by atoms with E-state index in [2.05, 4.69) is 182 Å². The third-order valence-corrected chi connectivity index (χ3v) is 25.8. The van der Waals surface area contributed by atoms with Gasteiger partial charge in [-0.05, 0) is 72.8 Å². The Hall–Kier alpha value is -2.89. The van der Waals surface area contributed by atoms with E-state index < -0.39 is 14.5 Å². The summed E-state index contributed by atoms with van der Waals surface area (Å²) >= 11 is 0. The Balaban J connectivity index is 0.00000343. The highest BCUT2D eigenvalue weighted by Gasteiger charge is 2.50. The first kappa shape index (κ1) is 31.1. The zero-order chi connectivity index (χ0) is 29.0. The lowest BCUT2D eigenvalue weighted by Crippen LogP contribution is -3.00. The van der Waals surface area contributed by atoms with Gasteiger partial charge < -0.3 is 12.4 Å². The van der Waals surface area contributed by atoms with Gasteiger partial charge in [0.15, 0.2) is 0 Å². The molecule has 0 unspecified atom stereocenters. The zero-order valence-electron chi connectivity index (χ0n) is 23.9. The molecule has 0 N–H and O–H groups in total. The molecule has 0 aliphatic heterocycles. The van der Waals surface area contributed by atoms with E-state index in [-0.39, 0.29) is 12.4 Å². The van der Waals surface area contributed by atoms with Gasteiger partial charge in [-0.3, -0.25) is 0 Å². The largest absolute Gasteiger partial charge is 1.00 e. The van der Waals surface area contributed by atoms with Gasteiger partial charge in [-0.2, -0.15) is 0 Å². The first-order valence-corrected chi connectivity index (χ1v) is 21.3. The summed E-state index contributed by atoms with van der Waals surface area (Å²) in [5, 5.41) is 8.59. The number of benzene rings is 6. The molecule has 214 valence electrons. The molecule has 1 heterocycles. The van der Waals surface area contributed by atoms with Crippen LogP contribution in [0.4, 0.5) is 0 Å². The molecule has 6 aromatic carbocycles. The van der Waals surface area contributed by atoms with Crippen molar-refractivity contribution < 1.29 is 12.4 Å². The second kappa shape index (κ2) is 14.0. The Morgan fingerprint density at radius 3 is 0.659 bits per heavy atom. The maximum atomic E-state index is 2.37. The summed E-state index contributed by atoms with van der Waals surface area (Å²) in [4.78, 5) is 0. The Morgan fingerprint density at radius 1 is 0.295 bits per heavy atom. The van der Waals surface area contributed by atoms with Crippen LogP contribution in [-0.2, 0) is 0 Å². The fourth-order valence-corrected chi connectivity index (χ4v) is 27.6. The van der Waals surface area contributed by atoms with Crippen LogP contribution in [0, 0.1) is 0 Å². The van der Waals surface area contributed by atoms with Gasteiger partial charge in [0.1, 0.15) is 46.4 Å². The summed E-state index contributed by atoms with van der Waals surface area (Å²) in [6.45, 7) is 0. The highest BCUT2D eigenvalue weighted by molar-refractivity contribution is 8.24. The van der Waals surface area contributed by atoms with Gasteiger partial charge >= 0.3 is 0 Å². The Bertz CT molecular complexity index is 1560. The summed E-state index contributed by atoms with van der Waals surface area (Å²) in [6, 6.07) is 68.0. The van der Waals surface area contributed by atoms with Crippen LogP contribution in [-0.4, -0.2) is 0 Å². The van der Waals surface area contributed by atoms with Crippen LogP contribution in [0.15, 0.2) is 182 Å². The van der Waals surface area contributed by atoms with Crippen LogP contribution in [0.1, 0.15) is 0 Å². The summed E-state index contributed by atoms with van der Waals surface area (Å²) in [7, 11) is -0.0210. The van der Waals surface area contributed by atoms with E-state index >= 15 is 0 Å². The first-order valence-electron chi connectivity index (χ1n) is 14.3. The van der Waals surface area contributed by atoms with E-state index in [0.717, 1.165) is 0 Å². The monoisotopic (exact) mass is 676 g/mol. The second-order valence-corrected chi connectivity index (χ2v) is 22.7. The quantitative estimate of drug-likeness (QED) is 0.190. The van der Waals surface area contributed by atoms with Crippen LogP contribution in [0.25, 0.3) is 0 Å². The average molecular weight is 677 g/mol. The Morgan fingerprint density at radius 2 is 0.477 bits per heavy atom. The molecule has 0 amide bonds. The van der Waals surface area contributed by atoms with Crippen LogP contribution < -0.4 is 53.8 Å². The number of rotatable bonds is 8. The molecule has 0 saturated heterocycles. The molecule has 7 rings (SSSR count). The fraction of sp³-hybridized carbons (Fsp3) is 0. The summed E-state index contributed by atoms with van der Waals surface area (Å²) < 4.78 is 3.25. The molecule has 0 spiro atoms. The van der Waals surface area contributed by atoms with E-state index in [1.807, 2.05) is 0 Å². The molecule has 7 aromatic rings. The third kappa shape index (κ3) is 5.45. The van der Waals surface area contributed by atoms with Gasteiger partial charge in [0, 0.05) is 9.54 Å².